The van der Waals surface area contributed by atoms with Crippen LogP contribution in [0.15, 0.2) is 18.2 Å². The number of rotatable bonds is 3. The maximum absolute atomic E-state index is 9.03. The molecule has 0 bridgehead atoms. The molecule has 0 spiro atoms. The minimum atomic E-state index is -0.232. The molecule has 0 amide bonds. The van der Waals surface area contributed by atoms with Gasteiger partial charge in [-0.25, -0.2) is 0 Å². The summed E-state index contributed by atoms with van der Waals surface area (Å²) in [6.45, 7) is 3.86. The maximum atomic E-state index is 9.03. The lowest BCUT2D eigenvalue weighted by Crippen LogP contribution is -2.44. The van der Waals surface area contributed by atoms with Gasteiger partial charge in [-0.1, -0.05) is 36.6 Å². The first-order valence-corrected chi connectivity index (χ1v) is 8.43. The molecule has 1 aliphatic carbocycles. The van der Waals surface area contributed by atoms with Crippen LogP contribution in [-0.2, 0) is 15.9 Å². The standard InChI is InChI=1S/C18H22ClNO2/c1-12(11-20)14-6-7-15(16(19)9-14)10-18-8-4-3-5-17(18)21-13(2)22-18/h6-7,9,12-13,17H,3-5,8,10H2,1-2H3. The summed E-state index contributed by atoms with van der Waals surface area (Å²) in [6.07, 6.45) is 5.27. The highest BCUT2D eigenvalue weighted by Gasteiger charge is 2.49. The summed E-state index contributed by atoms with van der Waals surface area (Å²) in [5.41, 5.74) is 1.81. The van der Waals surface area contributed by atoms with Gasteiger partial charge in [0.1, 0.15) is 5.60 Å². The summed E-state index contributed by atoms with van der Waals surface area (Å²) in [7, 11) is 0. The molecule has 2 fully saturated rings. The molecule has 22 heavy (non-hydrogen) atoms. The lowest BCUT2D eigenvalue weighted by Gasteiger charge is -2.36. The minimum absolute atomic E-state index is 0.139. The van der Waals surface area contributed by atoms with Gasteiger partial charge in [0.25, 0.3) is 0 Å². The van der Waals surface area contributed by atoms with Crippen LogP contribution in [0.4, 0.5) is 0 Å². The third kappa shape index (κ3) is 2.88. The van der Waals surface area contributed by atoms with Crippen molar-refractivity contribution in [1.82, 2.24) is 0 Å². The molecule has 4 heteroatoms. The van der Waals surface area contributed by atoms with Gasteiger partial charge in [0.05, 0.1) is 18.1 Å². The van der Waals surface area contributed by atoms with Crippen molar-refractivity contribution in [1.29, 1.82) is 5.26 Å². The average molecular weight is 320 g/mol. The number of nitrogens with zero attached hydrogens (tertiary/aromatic N) is 1. The fourth-order valence-corrected chi connectivity index (χ4v) is 3.97. The fraction of sp³-hybridized carbons (Fsp3) is 0.611. The highest BCUT2D eigenvalue weighted by molar-refractivity contribution is 6.31. The van der Waals surface area contributed by atoms with E-state index in [4.69, 9.17) is 26.3 Å². The van der Waals surface area contributed by atoms with E-state index in [9.17, 15) is 0 Å². The summed E-state index contributed by atoms with van der Waals surface area (Å²) < 4.78 is 12.1. The van der Waals surface area contributed by atoms with E-state index in [1.165, 1.54) is 12.8 Å². The van der Waals surface area contributed by atoms with Crippen LogP contribution < -0.4 is 0 Å². The Morgan fingerprint density at radius 3 is 3.00 bits per heavy atom. The van der Waals surface area contributed by atoms with Crippen molar-refractivity contribution in [2.75, 3.05) is 0 Å². The first kappa shape index (κ1) is 15.8. The van der Waals surface area contributed by atoms with Gasteiger partial charge < -0.3 is 9.47 Å². The molecule has 2 aliphatic rings. The SMILES string of the molecule is CC1OC2CCCCC2(Cc2ccc(C(C)C#N)cc2Cl)O1. The maximum Gasteiger partial charge on any atom is 0.156 e. The lowest BCUT2D eigenvalue weighted by molar-refractivity contribution is -0.0796. The van der Waals surface area contributed by atoms with Crippen molar-refractivity contribution in [3.63, 3.8) is 0 Å². The molecule has 4 unspecified atom stereocenters. The third-order valence-corrected chi connectivity index (χ3v) is 5.27. The number of hydrogen-bond donors (Lipinski definition) is 0. The summed E-state index contributed by atoms with van der Waals surface area (Å²) in [5.74, 6) is -0.141. The van der Waals surface area contributed by atoms with Crippen LogP contribution in [0.2, 0.25) is 5.02 Å². The molecule has 0 N–H and O–H groups in total. The van der Waals surface area contributed by atoms with Crippen LogP contribution >= 0.6 is 11.6 Å². The van der Waals surface area contributed by atoms with Crippen LogP contribution in [0.3, 0.4) is 0 Å². The topological polar surface area (TPSA) is 42.2 Å². The van der Waals surface area contributed by atoms with E-state index in [2.05, 4.69) is 6.07 Å². The smallest absolute Gasteiger partial charge is 0.156 e. The van der Waals surface area contributed by atoms with Gasteiger partial charge in [0, 0.05) is 11.4 Å². The second kappa shape index (κ2) is 6.20. The summed E-state index contributed by atoms with van der Waals surface area (Å²) in [4.78, 5) is 0. The monoisotopic (exact) mass is 319 g/mol. The molecule has 1 heterocycles. The quantitative estimate of drug-likeness (QED) is 0.818. The molecule has 118 valence electrons. The van der Waals surface area contributed by atoms with Gasteiger partial charge in [0.2, 0.25) is 0 Å². The van der Waals surface area contributed by atoms with Crippen molar-refractivity contribution < 1.29 is 9.47 Å². The van der Waals surface area contributed by atoms with Gasteiger partial charge in [-0.05, 0) is 43.9 Å². The summed E-state index contributed by atoms with van der Waals surface area (Å²) >= 11 is 6.47. The Kier molecular flexibility index (Phi) is 4.45. The van der Waals surface area contributed by atoms with Gasteiger partial charge in [-0.2, -0.15) is 5.26 Å². The number of benzene rings is 1. The van der Waals surface area contributed by atoms with Gasteiger partial charge in [-0.15, -0.1) is 0 Å². The number of ether oxygens (including phenoxy) is 2. The first-order chi connectivity index (χ1) is 10.5. The summed E-state index contributed by atoms with van der Waals surface area (Å²) in [6, 6.07) is 8.21. The Hall–Kier alpha value is -1.08. The molecular weight excluding hydrogens is 298 g/mol. The molecule has 1 aromatic rings. The number of nitriles is 1. The van der Waals surface area contributed by atoms with Crippen molar-refractivity contribution in [3.8, 4) is 6.07 Å². The van der Waals surface area contributed by atoms with Gasteiger partial charge in [-0.3, -0.25) is 0 Å². The van der Waals surface area contributed by atoms with Crippen LogP contribution in [-0.4, -0.2) is 18.0 Å². The molecular formula is C18H22ClNO2. The highest BCUT2D eigenvalue weighted by Crippen LogP contribution is 2.43. The van der Waals surface area contributed by atoms with E-state index in [1.807, 2.05) is 32.0 Å². The molecule has 1 aliphatic heterocycles. The van der Waals surface area contributed by atoms with Gasteiger partial charge in [0.15, 0.2) is 6.29 Å². The van der Waals surface area contributed by atoms with Crippen LogP contribution in [0, 0.1) is 11.3 Å². The predicted octanol–water partition coefficient (Wildman–Crippen LogP) is 4.58. The normalized spacial score (nSPS) is 32.3. The summed E-state index contributed by atoms with van der Waals surface area (Å²) in [5, 5.41) is 9.75. The molecule has 1 aromatic carbocycles. The molecule has 3 rings (SSSR count). The molecule has 0 aromatic heterocycles. The zero-order valence-electron chi connectivity index (χ0n) is 13.1. The molecule has 0 radical (unpaired) electrons. The Labute approximate surface area is 137 Å². The molecule has 1 saturated heterocycles. The second-order valence-corrected chi connectivity index (χ2v) is 6.91. The number of hydrogen-bond acceptors (Lipinski definition) is 3. The van der Waals surface area contributed by atoms with Gasteiger partial charge >= 0.3 is 0 Å². The molecule has 1 saturated carbocycles. The van der Waals surface area contributed by atoms with E-state index in [1.54, 1.807) is 0 Å². The Morgan fingerprint density at radius 2 is 2.27 bits per heavy atom. The second-order valence-electron chi connectivity index (χ2n) is 6.50. The molecule has 4 atom stereocenters. The van der Waals surface area contributed by atoms with E-state index in [0.717, 1.165) is 35.4 Å². The van der Waals surface area contributed by atoms with Crippen LogP contribution in [0.5, 0.6) is 0 Å². The van der Waals surface area contributed by atoms with Crippen LogP contribution in [0.25, 0.3) is 0 Å². The fourth-order valence-electron chi connectivity index (χ4n) is 3.71. The zero-order chi connectivity index (χ0) is 15.7. The number of fused-ring (bicyclic) bond motifs is 1. The van der Waals surface area contributed by atoms with E-state index in [0.29, 0.717) is 0 Å². The van der Waals surface area contributed by atoms with Crippen molar-refractivity contribution in [2.24, 2.45) is 0 Å². The van der Waals surface area contributed by atoms with Crippen molar-refractivity contribution in [2.45, 2.75) is 69.9 Å². The largest absolute Gasteiger partial charge is 0.347 e. The lowest BCUT2D eigenvalue weighted by atomic mass is 9.78. The highest BCUT2D eigenvalue weighted by atomic mass is 35.5. The Balaban J connectivity index is 1.84. The van der Waals surface area contributed by atoms with E-state index < -0.39 is 0 Å². The third-order valence-electron chi connectivity index (χ3n) is 4.92. The average Bonchev–Trinajstić information content (AvgIpc) is 2.84. The minimum Gasteiger partial charge on any atom is -0.347 e. The van der Waals surface area contributed by atoms with Crippen molar-refractivity contribution in [3.05, 3.63) is 34.3 Å². The van der Waals surface area contributed by atoms with Crippen molar-refractivity contribution >= 4 is 11.6 Å². The number of halogens is 1. The molecule has 3 nitrogen and oxygen atoms in total. The van der Waals surface area contributed by atoms with E-state index in [-0.39, 0.29) is 23.9 Å². The Bertz CT molecular complexity index is 597. The first-order valence-electron chi connectivity index (χ1n) is 8.05. The van der Waals surface area contributed by atoms with E-state index >= 15 is 0 Å². The zero-order valence-corrected chi connectivity index (χ0v) is 13.9. The van der Waals surface area contributed by atoms with Crippen LogP contribution in [0.1, 0.15) is 56.6 Å². The Morgan fingerprint density at radius 1 is 1.45 bits per heavy atom. The predicted molar refractivity (Wildman–Crippen MR) is 85.8 cm³/mol.